The van der Waals surface area contributed by atoms with Crippen LogP contribution in [0.25, 0.3) is 0 Å². The molecular weight excluding hydrogens is 242 g/mol. The van der Waals surface area contributed by atoms with E-state index in [0.717, 1.165) is 0 Å². The highest BCUT2D eigenvalue weighted by Gasteiger charge is 2.10. The average molecular weight is 252 g/mol. The van der Waals surface area contributed by atoms with Crippen molar-refractivity contribution in [2.45, 2.75) is 0 Å². The number of amides is 1. The van der Waals surface area contributed by atoms with Gasteiger partial charge >= 0.3 is 0 Å². The predicted octanol–water partition coefficient (Wildman–Crippen LogP) is 2.03. The van der Waals surface area contributed by atoms with E-state index in [4.69, 9.17) is 11.6 Å². The number of halogens is 1. The number of nitrogens with one attached hydrogen (secondary N) is 1. The van der Waals surface area contributed by atoms with Gasteiger partial charge in [-0.1, -0.05) is 11.6 Å². The highest BCUT2D eigenvalue weighted by Crippen LogP contribution is 2.26. The summed E-state index contributed by atoms with van der Waals surface area (Å²) in [5, 5.41) is 12.3. The lowest BCUT2D eigenvalue weighted by Crippen LogP contribution is -2.15. The normalized spacial score (nSPS) is 10.2. The fourth-order valence-electron chi connectivity index (χ4n) is 1.36. The van der Waals surface area contributed by atoms with E-state index >= 15 is 0 Å². The number of aryl methyl sites for hydroxylation is 1. The number of aromatic nitrogens is 2. The van der Waals surface area contributed by atoms with Crippen LogP contribution >= 0.6 is 11.6 Å². The summed E-state index contributed by atoms with van der Waals surface area (Å²) in [5.41, 5.74) is 0.900. The number of carbonyl (C=O) groups excluding carboxylic acids is 1. The van der Waals surface area contributed by atoms with Gasteiger partial charge < -0.3 is 15.0 Å². The van der Waals surface area contributed by atoms with Crippen LogP contribution in [-0.4, -0.2) is 20.6 Å². The van der Waals surface area contributed by atoms with Crippen LogP contribution in [0.5, 0.6) is 5.75 Å². The molecule has 88 valence electrons. The number of phenols is 1. The lowest BCUT2D eigenvalue weighted by atomic mass is 10.3. The molecule has 1 aromatic heterocycles. The second-order valence-electron chi connectivity index (χ2n) is 3.51. The third-order valence-corrected chi connectivity index (χ3v) is 2.57. The molecule has 0 unspecified atom stereocenters. The monoisotopic (exact) mass is 251 g/mol. The van der Waals surface area contributed by atoms with E-state index in [-0.39, 0.29) is 16.7 Å². The van der Waals surface area contributed by atoms with Crippen molar-refractivity contribution < 1.29 is 9.90 Å². The number of carbonyl (C=O) groups is 1. The highest BCUT2D eigenvalue weighted by molar-refractivity contribution is 6.32. The first kappa shape index (κ1) is 11.5. The van der Waals surface area contributed by atoms with Crippen molar-refractivity contribution in [2.75, 3.05) is 5.32 Å². The van der Waals surface area contributed by atoms with E-state index in [0.29, 0.717) is 11.4 Å². The van der Waals surface area contributed by atoms with Crippen molar-refractivity contribution in [3.8, 4) is 5.75 Å². The molecule has 0 fully saturated rings. The summed E-state index contributed by atoms with van der Waals surface area (Å²) >= 11 is 5.67. The molecular formula is C11H10ClN3O2. The van der Waals surface area contributed by atoms with Crippen molar-refractivity contribution in [1.29, 1.82) is 0 Å². The second kappa shape index (κ2) is 4.47. The van der Waals surface area contributed by atoms with Gasteiger partial charge in [-0.05, 0) is 12.1 Å². The molecule has 0 bridgehead atoms. The number of rotatable bonds is 2. The lowest BCUT2D eigenvalue weighted by Gasteiger charge is -2.06. The van der Waals surface area contributed by atoms with Gasteiger partial charge in [0.2, 0.25) is 0 Å². The molecule has 1 aromatic carbocycles. The molecule has 1 amide bonds. The molecule has 0 aliphatic carbocycles. The number of anilines is 1. The van der Waals surface area contributed by atoms with Gasteiger partial charge in [-0.3, -0.25) is 4.79 Å². The molecule has 0 aliphatic rings. The molecule has 5 nitrogen and oxygen atoms in total. The summed E-state index contributed by atoms with van der Waals surface area (Å²) in [5.74, 6) is -0.374. The topological polar surface area (TPSA) is 67.2 Å². The van der Waals surface area contributed by atoms with Crippen molar-refractivity contribution >= 4 is 23.2 Å². The van der Waals surface area contributed by atoms with Gasteiger partial charge in [0.15, 0.2) is 0 Å². The Balaban J connectivity index is 2.19. The molecule has 17 heavy (non-hydrogen) atoms. The van der Waals surface area contributed by atoms with Crippen molar-refractivity contribution in [3.05, 3.63) is 41.4 Å². The minimum atomic E-state index is -0.299. The molecule has 6 heteroatoms. The van der Waals surface area contributed by atoms with Gasteiger partial charge in [0.05, 0.1) is 17.5 Å². The zero-order valence-electron chi connectivity index (χ0n) is 9.01. The Morgan fingerprint density at radius 3 is 2.88 bits per heavy atom. The van der Waals surface area contributed by atoms with Gasteiger partial charge in [-0.15, -0.1) is 0 Å². The van der Waals surface area contributed by atoms with Crippen LogP contribution in [0.3, 0.4) is 0 Å². The predicted molar refractivity (Wildman–Crippen MR) is 64.3 cm³/mol. The summed E-state index contributed by atoms with van der Waals surface area (Å²) < 4.78 is 1.60. The summed E-state index contributed by atoms with van der Waals surface area (Å²) in [6.45, 7) is 0. The summed E-state index contributed by atoms with van der Waals surface area (Å²) in [7, 11) is 1.72. The highest BCUT2D eigenvalue weighted by atomic mass is 35.5. The van der Waals surface area contributed by atoms with Gasteiger partial charge in [-0.25, -0.2) is 4.98 Å². The summed E-state index contributed by atoms with van der Waals surface area (Å²) in [6.07, 6.45) is 3.00. The molecule has 0 radical (unpaired) electrons. The Labute approximate surface area is 103 Å². The number of hydrogen-bond acceptors (Lipinski definition) is 3. The van der Waals surface area contributed by atoms with Crippen molar-refractivity contribution in [3.63, 3.8) is 0 Å². The number of aromatic hydroxyl groups is 1. The first-order chi connectivity index (χ1) is 8.08. The van der Waals surface area contributed by atoms with Crippen molar-refractivity contribution in [1.82, 2.24) is 9.55 Å². The molecule has 1 heterocycles. The Hall–Kier alpha value is -2.01. The molecule has 2 N–H and O–H groups in total. The van der Waals surface area contributed by atoms with E-state index in [2.05, 4.69) is 10.3 Å². The summed E-state index contributed by atoms with van der Waals surface area (Å²) in [4.78, 5) is 15.7. The maximum Gasteiger partial charge on any atom is 0.273 e. The van der Waals surface area contributed by atoms with Crippen LogP contribution in [0.1, 0.15) is 10.5 Å². The molecule has 0 aliphatic heterocycles. The maximum absolute atomic E-state index is 11.8. The van der Waals surface area contributed by atoms with Crippen LogP contribution < -0.4 is 5.32 Å². The SMILES string of the molecule is Cn1cncc1C(=O)Nc1ccc(Cl)c(O)c1. The first-order valence-corrected chi connectivity index (χ1v) is 5.22. The van der Waals surface area contributed by atoms with E-state index in [9.17, 15) is 9.90 Å². The number of imidazole rings is 1. The lowest BCUT2D eigenvalue weighted by molar-refractivity contribution is 0.101. The summed E-state index contributed by atoms with van der Waals surface area (Å²) in [6, 6.07) is 4.50. The number of benzene rings is 1. The third kappa shape index (κ3) is 2.39. The fraction of sp³-hybridized carbons (Fsp3) is 0.0909. The van der Waals surface area contributed by atoms with E-state index in [1.807, 2.05) is 0 Å². The van der Waals surface area contributed by atoms with Gasteiger partial charge in [0.25, 0.3) is 5.91 Å². The molecule has 2 aromatic rings. The molecule has 0 spiro atoms. The minimum Gasteiger partial charge on any atom is -0.506 e. The Kier molecular flexibility index (Phi) is 3.01. The molecule has 0 saturated carbocycles. The Bertz CT molecular complexity index is 566. The van der Waals surface area contributed by atoms with E-state index in [1.54, 1.807) is 17.7 Å². The van der Waals surface area contributed by atoms with Crippen LogP contribution in [0, 0.1) is 0 Å². The quantitative estimate of drug-likeness (QED) is 0.858. The minimum absolute atomic E-state index is 0.0746. The molecule has 0 saturated heterocycles. The number of hydrogen-bond donors (Lipinski definition) is 2. The first-order valence-electron chi connectivity index (χ1n) is 4.84. The van der Waals surface area contributed by atoms with E-state index in [1.165, 1.54) is 24.7 Å². The zero-order chi connectivity index (χ0) is 12.4. The van der Waals surface area contributed by atoms with Crippen LogP contribution in [0.2, 0.25) is 5.02 Å². The number of nitrogens with zero attached hydrogens (tertiary/aromatic N) is 2. The largest absolute Gasteiger partial charge is 0.506 e. The molecule has 0 atom stereocenters. The smallest absolute Gasteiger partial charge is 0.273 e. The standard InChI is InChI=1S/C11H10ClN3O2/c1-15-6-13-5-9(15)11(17)14-7-2-3-8(12)10(16)4-7/h2-6,16H,1H3,(H,14,17). The van der Waals surface area contributed by atoms with E-state index < -0.39 is 0 Å². The Morgan fingerprint density at radius 2 is 2.29 bits per heavy atom. The third-order valence-electron chi connectivity index (χ3n) is 2.25. The van der Waals surface area contributed by atoms with Crippen LogP contribution in [0.4, 0.5) is 5.69 Å². The van der Waals surface area contributed by atoms with Gasteiger partial charge in [0.1, 0.15) is 11.4 Å². The van der Waals surface area contributed by atoms with Crippen molar-refractivity contribution in [2.24, 2.45) is 7.05 Å². The second-order valence-corrected chi connectivity index (χ2v) is 3.92. The number of phenolic OH excluding ortho intramolecular Hbond substituents is 1. The van der Waals surface area contributed by atoms with Crippen LogP contribution in [0.15, 0.2) is 30.7 Å². The zero-order valence-corrected chi connectivity index (χ0v) is 9.77. The van der Waals surface area contributed by atoms with Gasteiger partial charge in [0, 0.05) is 18.8 Å². The molecule has 2 rings (SSSR count). The Morgan fingerprint density at radius 1 is 1.53 bits per heavy atom. The van der Waals surface area contributed by atoms with Gasteiger partial charge in [-0.2, -0.15) is 0 Å². The van der Waals surface area contributed by atoms with Crippen LogP contribution in [-0.2, 0) is 7.05 Å². The fourth-order valence-corrected chi connectivity index (χ4v) is 1.48. The average Bonchev–Trinajstić information content (AvgIpc) is 2.70. The maximum atomic E-state index is 11.8.